The lowest BCUT2D eigenvalue weighted by Crippen LogP contribution is -2.34. The van der Waals surface area contributed by atoms with Crippen LogP contribution in [0.25, 0.3) is 16.9 Å². The number of carbonyl (C=O) groups excluding carboxylic acids is 1. The number of halogens is 5. The van der Waals surface area contributed by atoms with E-state index in [0.717, 1.165) is 17.8 Å². The number of urea groups is 1. The number of benzene rings is 2. The van der Waals surface area contributed by atoms with Crippen LogP contribution >= 0.6 is 24.0 Å². The van der Waals surface area contributed by atoms with Crippen LogP contribution in [0.3, 0.4) is 0 Å². The van der Waals surface area contributed by atoms with E-state index < -0.39 is 22.8 Å². The Labute approximate surface area is 227 Å². The number of nitrogens with one attached hydrogen (secondary N) is 3. The van der Waals surface area contributed by atoms with Crippen LogP contribution in [0, 0.1) is 5.92 Å². The molecule has 0 radical (unpaired) electrons. The Balaban J connectivity index is 0.00000400. The van der Waals surface area contributed by atoms with E-state index in [9.17, 15) is 18.0 Å². The third-order valence-electron chi connectivity index (χ3n) is 5.63. The number of nitrogens with two attached hydrogens (primary N) is 1. The summed E-state index contributed by atoms with van der Waals surface area (Å²) in [4.78, 5) is 25.4. The lowest BCUT2D eigenvalue weighted by Gasteiger charge is -2.16. The predicted molar refractivity (Wildman–Crippen MR) is 144 cm³/mol. The molecule has 1 atom stereocenters. The molecule has 0 unspecified atom stereocenters. The van der Waals surface area contributed by atoms with Gasteiger partial charge in [-0.25, -0.2) is 19.7 Å². The summed E-state index contributed by atoms with van der Waals surface area (Å²) in [6.07, 6.45) is -1.59. The Morgan fingerprint density at radius 2 is 1.71 bits per heavy atom. The zero-order chi connectivity index (χ0) is 26.7. The monoisotopic (exact) mass is 568 g/mol. The summed E-state index contributed by atoms with van der Waals surface area (Å²) in [5, 5.41) is 7.73. The molecule has 0 spiro atoms. The molecular formula is C24H25Cl2F3N8O. The summed E-state index contributed by atoms with van der Waals surface area (Å²) in [5.74, 6) is 0.880. The average molecular weight is 569 g/mol. The second kappa shape index (κ2) is 11.8. The number of carbonyl (C=O) groups is 1. The first-order valence-corrected chi connectivity index (χ1v) is 11.6. The third-order valence-corrected chi connectivity index (χ3v) is 5.96. The molecule has 0 aliphatic rings. The first-order valence-electron chi connectivity index (χ1n) is 11.3. The minimum Gasteiger partial charge on any atom is -0.367 e. The van der Waals surface area contributed by atoms with Crippen molar-refractivity contribution in [3.05, 3.63) is 65.7 Å². The molecule has 4 aromatic rings. The molecule has 2 aromatic carbocycles. The van der Waals surface area contributed by atoms with Crippen molar-refractivity contribution in [3.8, 4) is 5.69 Å². The fraction of sp³-hybridized carbons (Fsp3) is 0.250. The van der Waals surface area contributed by atoms with Gasteiger partial charge in [-0.05, 0) is 48.4 Å². The zero-order valence-electron chi connectivity index (χ0n) is 20.3. The number of anilines is 3. The topological polar surface area (TPSA) is 123 Å². The highest BCUT2D eigenvalue weighted by Crippen LogP contribution is 2.36. The molecule has 2 amide bonds. The van der Waals surface area contributed by atoms with Gasteiger partial charge in [0.2, 0.25) is 0 Å². The van der Waals surface area contributed by atoms with E-state index in [-0.39, 0.29) is 24.1 Å². The number of aromatic nitrogens is 4. The van der Waals surface area contributed by atoms with Crippen LogP contribution in [0.2, 0.25) is 5.02 Å². The van der Waals surface area contributed by atoms with Crippen molar-refractivity contribution in [2.24, 2.45) is 11.7 Å². The van der Waals surface area contributed by atoms with Gasteiger partial charge in [-0.15, -0.1) is 12.4 Å². The molecule has 0 saturated heterocycles. The Morgan fingerprint density at radius 1 is 1.05 bits per heavy atom. The average Bonchev–Trinajstić information content (AvgIpc) is 3.28. The Bertz CT molecular complexity index is 1410. The van der Waals surface area contributed by atoms with E-state index in [1.807, 2.05) is 13.8 Å². The first kappa shape index (κ1) is 29.0. The van der Waals surface area contributed by atoms with Crippen molar-refractivity contribution < 1.29 is 18.0 Å². The molecule has 38 heavy (non-hydrogen) atoms. The van der Waals surface area contributed by atoms with Crippen molar-refractivity contribution in [2.75, 3.05) is 22.5 Å². The van der Waals surface area contributed by atoms with Crippen LogP contribution in [0.4, 0.5) is 35.2 Å². The number of hydrogen-bond donors (Lipinski definition) is 4. The van der Waals surface area contributed by atoms with Gasteiger partial charge in [0, 0.05) is 29.6 Å². The van der Waals surface area contributed by atoms with E-state index in [2.05, 4.69) is 30.9 Å². The maximum atomic E-state index is 13.1. The van der Waals surface area contributed by atoms with Crippen molar-refractivity contribution in [1.29, 1.82) is 0 Å². The molecule has 202 valence electrons. The molecule has 2 heterocycles. The fourth-order valence-electron chi connectivity index (χ4n) is 3.42. The van der Waals surface area contributed by atoms with Crippen molar-refractivity contribution in [3.63, 3.8) is 0 Å². The van der Waals surface area contributed by atoms with Gasteiger partial charge >= 0.3 is 12.2 Å². The lowest BCUT2D eigenvalue weighted by atomic mass is 10.1. The largest absolute Gasteiger partial charge is 0.417 e. The minimum atomic E-state index is -4.64. The zero-order valence-corrected chi connectivity index (χ0v) is 21.8. The van der Waals surface area contributed by atoms with Crippen LogP contribution in [0.1, 0.15) is 19.4 Å². The molecule has 0 saturated carbocycles. The van der Waals surface area contributed by atoms with Crippen LogP contribution in [-0.2, 0) is 6.18 Å². The Kier molecular flexibility index (Phi) is 9.02. The maximum Gasteiger partial charge on any atom is 0.417 e. The summed E-state index contributed by atoms with van der Waals surface area (Å²) in [6.45, 7) is 4.62. The summed E-state index contributed by atoms with van der Waals surface area (Å²) in [7, 11) is 0. The van der Waals surface area contributed by atoms with Crippen LogP contribution in [-0.4, -0.2) is 38.1 Å². The Hall–Kier alpha value is -3.61. The van der Waals surface area contributed by atoms with Gasteiger partial charge in [0.1, 0.15) is 12.7 Å². The molecule has 0 aliphatic carbocycles. The first-order chi connectivity index (χ1) is 17.5. The Morgan fingerprint density at radius 3 is 2.37 bits per heavy atom. The van der Waals surface area contributed by atoms with Gasteiger partial charge in [-0.3, -0.25) is 4.57 Å². The normalized spacial score (nSPS) is 12.2. The number of hydrogen-bond acceptors (Lipinski definition) is 6. The number of imidazole rings is 1. The molecular weight excluding hydrogens is 544 g/mol. The second-order valence-corrected chi connectivity index (χ2v) is 9.02. The summed E-state index contributed by atoms with van der Waals surface area (Å²) < 4.78 is 40.9. The van der Waals surface area contributed by atoms with Gasteiger partial charge in [0.25, 0.3) is 0 Å². The number of amides is 2. The minimum absolute atomic E-state index is 0. The highest BCUT2D eigenvalue weighted by molar-refractivity contribution is 6.31. The highest BCUT2D eigenvalue weighted by Gasteiger charge is 2.33. The molecule has 9 nitrogen and oxygen atoms in total. The van der Waals surface area contributed by atoms with E-state index >= 15 is 0 Å². The number of alkyl halides is 3. The van der Waals surface area contributed by atoms with E-state index in [0.29, 0.717) is 35.1 Å². The van der Waals surface area contributed by atoms with E-state index in [1.165, 1.54) is 12.4 Å². The number of rotatable bonds is 7. The molecule has 0 aliphatic heterocycles. The quantitative estimate of drug-likeness (QED) is 0.218. The summed E-state index contributed by atoms with van der Waals surface area (Å²) >= 11 is 5.62. The summed E-state index contributed by atoms with van der Waals surface area (Å²) in [5.41, 5.74) is 7.35. The molecule has 14 heteroatoms. The van der Waals surface area contributed by atoms with Gasteiger partial charge in [-0.1, -0.05) is 25.4 Å². The van der Waals surface area contributed by atoms with Crippen molar-refractivity contribution >= 4 is 58.4 Å². The van der Waals surface area contributed by atoms with E-state index in [1.54, 1.807) is 35.2 Å². The number of nitrogens with zero attached hydrogens (tertiary/aromatic N) is 4. The fourth-order valence-corrected chi connectivity index (χ4v) is 3.65. The molecule has 0 bridgehead atoms. The second-order valence-electron chi connectivity index (χ2n) is 8.62. The lowest BCUT2D eigenvalue weighted by molar-refractivity contribution is -0.137. The van der Waals surface area contributed by atoms with Crippen LogP contribution in [0.5, 0.6) is 0 Å². The van der Waals surface area contributed by atoms with Crippen LogP contribution < -0.4 is 21.7 Å². The van der Waals surface area contributed by atoms with Gasteiger partial charge < -0.3 is 21.7 Å². The SMILES string of the molecule is CC(C)[C@@H](N)CNc1ncnc2c1ncn2-c1ccc(NC(=O)Nc2ccc(Cl)c(C(F)(F)F)c2)cc1.Cl. The predicted octanol–water partition coefficient (Wildman–Crippen LogP) is 5.95. The summed E-state index contributed by atoms with van der Waals surface area (Å²) in [6, 6.07) is 9.15. The van der Waals surface area contributed by atoms with Gasteiger partial charge in [-0.2, -0.15) is 13.2 Å². The third kappa shape index (κ3) is 6.63. The van der Waals surface area contributed by atoms with E-state index in [4.69, 9.17) is 17.3 Å². The molecule has 0 fully saturated rings. The van der Waals surface area contributed by atoms with Gasteiger partial charge in [0.15, 0.2) is 17.0 Å². The molecule has 2 aromatic heterocycles. The van der Waals surface area contributed by atoms with Crippen LogP contribution in [0.15, 0.2) is 55.1 Å². The smallest absolute Gasteiger partial charge is 0.367 e. The molecule has 4 rings (SSSR count). The molecule has 5 N–H and O–H groups in total. The standard InChI is InChI=1S/C24H24ClF3N8O.ClH/c1-13(2)19(29)10-30-21-20-22(32-11-31-21)36(12-33-20)16-6-3-14(4-7-16)34-23(37)35-15-5-8-18(25)17(9-15)24(26,27)28;/h3-9,11-13,19H,10,29H2,1-2H3,(H,30,31,32)(H2,34,35,37);1H/t19-;/m0./s1. The highest BCUT2D eigenvalue weighted by atomic mass is 35.5. The maximum absolute atomic E-state index is 13.1. The van der Waals surface area contributed by atoms with Gasteiger partial charge in [0.05, 0.1) is 10.6 Å². The number of fused-ring (bicyclic) bond motifs is 1. The van der Waals surface area contributed by atoms with Crippen molar-refractivity contribution in [1.82, 2.24) is 19.5 Å². The van der Waals surface area contributed by atoms with Crippen molar-refractivity contribution in [2.45, 2.75) is 26.1 Å².